The average Bonchev–Trinajstić information content (AvgIpc) is 3.20. The van der Waals surface area contributed by atoms with E-state index in [9.17, 15) is 19.6 Å². The third-order valence-electron chi connectivity index (χ3n) is 5.05. The number of imide groups is 1. The molecular weight excluding hydrogens is 380 g/mol. The van der Waals surface area contributed by atoms with Crippen LogP contribution in [0.15, 0.2) is 57.5 Å². The van der Waals surface area contributed by atoms with Crippen molar-refractivity contribution in [3.05, 3.63) is 64.4 Å². The molecule has 0 N–H and O–H groups in total. The highest BCUT2D eigenvalue weighted by molar-refractivity contribution is 6.19. The summed E-state index contributed by atoms with van der Waals surface area (Å²) in [6, 6.07) is 12.5. The Balaban J connectivity index is 1.96. The van der Waals surface area contributed by atoms with Crippen LogP contribution in [0.1, 0.15) is 49.7 Å². The second kappa shape index (κ2) is 8.75. The van der Waals surface area contributed by atoms with Gasteiger partial charge in [-0.15, -0.1) is 0 Å². The largest absolute Gasteiger partial charge is 0.457 e. The second-order valence-electron chi connectivity index (χ2n) is 7.12. The molecule has 0 radical (unpaired) electrons. The zero-order valence-electron chi connectivity index (χ0n) is 17.2. The van der Waals surface area contributed by atoms with Crippen molar-refractivity contribution in [2.75, 3.05) is 6.54 Å². The molecule has 2 heterocycles. The summed E-state index contributed by atoms with van der Waals surface area (Å²) in [4.78, 5) is 38.0. The van der Waals surface area contributed by atoms with Crippen LogP contribution < -0.4 is 0 Å². The fraction of sp³-hybridized carbons (Fsp3) is 0.250. The number of unbranched alkanes of at least 4 members (excludes halogenated alkanes) is 1. The third kappa shape index (κ3) is 4.01. The summed E-state index contributed by atoms with van der Waals surface area (Å²) in [6.45, 7) is 5.35. The average molecular weight is 402 g/mol. The van der Waals surface area contributed by atoms with E-state index >= 15 is 0 Å². The van der Waals surface area contributed by atoms with Gasteiger partial charge in [-0.05, 0) is 44.1 Å². The molecule has 0 aliphatic carbocycles. The zero-order chi connectivity index (χ0) is 21.8. The van der Waals surface area contributed by atoms with Crippen LogP contribution in [0.5, 0.6) is 0 Å². The highest BCUT2D eigenvalue weighted by Crippen LogP contribution is 2.29. The Morgan fingerprint density at radius 2 is 1.83 bits per heavy atom. The van der Waals surface area contributed by atoms with Crippen LogP contribution in [-0.4, -0.2) is 29.0 Å². The number of hydrogen-bond donors (Lipinski definition) is 0. The Labute approximate surface area is 175 Å². The summed E-state index contributed by atoms with van der Waals surface area (Å²) >= 11 is 0. The van der Waals surface area contributed by atoms with Crippen molar-refractivity contribution in [1.29, 1.82) is 5.26 Å². The van der Waals surface area contributed by atoms with E-state index in [1.54, 1.807) is 49.4 Å². The minimum Gasteiger partial charge on any atom is -0.457 e. The number of Topliss-reactive ketones (excluding diaryl/α,β-unsaturated/α-hetero) is 1. The molecule has 0 unspecified atom stereocenters. The number of furan rings is 1. The number of ketones is 1. The summed E-state index contributed by atoms with van der Waals surface area (Å²) in [5, 5.41) is 9.42. The topological polar surface area (TPSA) is 91.4 Å². The van der Waals surface area contributed by atoms with Gasteiger partial charge in [0.2, 0.25) is 0 Å². The van der Waals surface area contributed by atoms with E-state index in [0.29, 0.717) is 29.1 Å². The van der Waals surface area contributed by atoms with Gasteiger partial charge >= 0.3 is 0 Å². The van der Waals surface area contributed by atoms with Crippen LogP contribution in [0.3, 0.4) is 0 Å². The summed E-state index contributed by atoms with van der Waals surface area (Å²) < 4.78 is 5.86. The maximum absolute atomic E-state index is 12.9. The molecule has 1 aromatic carbocycles. The fourth-order valence-electron chi connectivity index (χ4n) is 3.25. The van der Waals surface area contributed by atoms with Crippen molar-refractivity contribution in [3.63, 3.8) is 0 Å². The van der Waals surface area contributed by atoms with Crippen LogP contribution in [0, 0.1) is 11.3 Å². The number of carbonyl (C=O) groups is 3. The molecule has 0 saturated heterocycles. The molecule has 0 atom stereocenters. The predicted octanol–water partition coefficient (Wildman–Crippen LogP) is 4.54. The lowest BCUT2D eigenvalue weighted by Gasteiger charge is -2.27. The monoisotopic (exact) mass is 402 g/mol. The van der Waals surface area contributed by atoms with Gasteiger partial charge in [-0.25, -0.2) is 0 Å². The Bertz CT molecular complexity index is 1110. The van der Waals surface area contributed by atoms with E-state index in [0.717, 1.165) is 16.9 Å². The summed E-state index contributed by atoms with van der Waals surface area (Å²) in [5.41, 5.74) is 2.01. The zero-order valence-corrected chi connectivity index (χ0v) is 17.2. The number of amides is 2. The minimum absolute atomic E-state index is 0.0139. The molecule has 2 aromatic rings. The molecular formula is C24H22N2O4. The first-order valence-electron chi connectivity index (χ1n) is 9.77. The molecule has 0 saturated carbocycles. The van der Waals surface area contributed by atoms with Crippen LogP contribution in [0.25, 0.3) is 17.4 Å². The van der Waals surface area contributed by atoms with Crippen molar-refractivity contribution in [2.45, 2.75) is 33.6 Å². The van der Waals surface area contributed by atoms with Crippen molar-refractivity contribution in [3.8, 4) is 17.4 Å². The minimum atomic E-state index is -0.545. The Kier molecular flexibility index (Phi) is 6.12. The van der Waals surface area contributed by atoms with Gasteiger partial charge in [0.1, 0.15) is 23.2 Å². The van der Waals surface area contributed by atoms with Gasteiger partial charge in [0.25, 0.3) is 11.8 Å². The number of nitriles is 1. The van der Waals surface area contributed by atoms with E-state index in [1.165, 1.54) is 6.92 Å². The van der Waals surface area contributed by atoms with E-state index < -0.39 is 11.8 Å². The van der Waals surface area contributed by atoms with Crippen molar-refractivity contribution in [1.82, 2.24) is 4.90 Å². The molecule has 1 aromatic heterocycles. The summed E-state index contributed by atoms with van der Waals surface area (Å²) in [5.74, 6) is 0.0386. The molecule has 30 heavy (non-hydrogen) atoms. The van der Waals surface area contributed by atoms with Gasteiger partial charge in [-0.3, -0.25) is 19.3 Å². The molecule has 6 heteroatoms. The lowest BCUT2D eigenvalue weighted by molar-refractivity contribution is -0.140. The first-order valence-corrected chi connectivity index (χ1v) is 9.77. The van der Waals surface area contributed by atoms with Crippen LogP contribution in [-0.2, 0) is 9.59 Å². The standard InChI is InChI=1S/C24H22N2O4/c1-4-5-12-26-23(28)20(15(2)21(14-25)24(26)29)13-19-10-11-22(30-19)18-8-6-17(7-9-18)16(3)27/h6-11,13H,4-5,12H2,1-3H3/b20-13+. The Hall–Kier alpha value is -3.72. The normalized spacial score (nSPS) is 15.7. The Morgan fingerprint density at radius 3 is 2.43 bits per heavy atom. The van der Waals surface area contributed by atoms with E-state index in [4.69, 9.17) is 4.42 Å². The van der Waals surface area contributed by atoms with Crippen LogP contribution in [0.4, 0.5) is 0 Å². The Morgan fingerprint density at radius 1 is 1.13 bits per heavy atom. The summed E-state index contributed by atoms with van der Waals surface area (Å²) in [7, 11) is 0. The molecule has 152 valence electrons. The van der Waals surface area contributed by atoms with Gasteiger partial charge < -0.3 is 4.42 Å². The number of carbonyl (C=O) groups excluding carboxylic acids is 3. The number of rotatable bonds is 6. The molecule has 0 fully saturated rings. The van der Waals surface area contributed by atoms with E-state index in [1.807, 2.05) is 13.0 Å². The fourth-order valence-corrected chi connectivity index (χ4v) is 3.25. The molecule has 0 bridgehead atoms. The van der Waals surface area contributed by atoms with Crippen LogP contribution in [0.2, 0.25) is 0 Å². The number of hydrogen-bond acceptors (Lipinski definition) is 5. The number of nitrogens with zero attached hydrogens (tertiary/aromatic N) is 2. The van der Waals surface area contributed by atoms with Crippen molar-refractivity contribution >= 4 is 23.7 Å². The second-order valence-corrected chi connectivity index (χ2v) is 7.12. The SMILES string of the molecule is CCCCN1C(=O)C(C#N)=C(C)/C(=C\c2ccc(-c3ccc(C(C)=O)cc3)o2)C1=O. The van der Waals surface area contributed by atoms with Crippen molar-refractivity contribution < 1.29 is 18.8 Å². The van der Waals surface area contributed by atoms with Gasteiger partial charge in [-0.2, -0.15) is 5.26 Å². The summed E-state index contributed by atoms with van der Waals surface area (Å²) in [6.07, 6.45) is 3.06. The highest BCUT2D eigenvalue weighted by atomic mass is 16.3. The quantitative estimate of drug-likeness (QED) is 0.402. The lowest BCUT2D eigenvalue weighted by atomic mass is 9.94. The molecule has 2 amide bonds. The number of benzene rings is 1. The maximum Gasteiger partial charge on any atom is 0.271 e. The lowest BCUT2D eigenvalue weighted by Crippen LogP contribution is -2.43. The van der Waals surface area contributed by atoms with Gasteiger partial charge in [-0.1, -0.05) is 37.6 Å². The molecule has 0 spiro atoms. The first-order chi connectivity index (χ1) is 14.4. The molecule has 1 aliphatic heterocycles. The van der Waals surface area contributed by atoms with Crippen molar-refractivity contribution in [2.24, 2.45) is 0 Å². The van der Waals surface area contributed by atoms with E-state index in [-0.39, 0.29) is 23.5 Å². The van der Waals surface area contributed by atoms with Gasteiger partial charge in [0.05, 0.1) is 0 Å². The van der Waals surface area contributed by atoms with Gasteiger partial charge in [0, 0.05) is 23.2 Å². The molecule has 1 aliphatic rings. The molecule has 3 rings (SSSR count). The first kappa shape index (κ1) is 21.0. The predicted molar refractivity (Wildman–Crippen MR) is 112 cm³/mol. The highest BCUT2D eigenvalue weighted by Gasteiger charge is 2.35. The van der Waals surface area contributed by atoms with E-state index in [2.05, 4.69) is 0 Å². The maximum atomic E-state index is 12.9. The molecule has 6 nitrogen and oxygen atoms in total. The third-order valence-corrected chi connectivity index (χ3v) is 5.05. The smallest absolute Gasteiger partial charge is 0.271 e. The van der Waals surface area contributed by atoms with Crippen LogP contribution >= 0.6 is 0 Å². The van der Waals surface area contributed by atoms with Gasteiger partial charge in [0.15, 0.2) is 5.78 Å².